The third-order valence-corrected chi connectivity index (χ3v) is 4.02. The Balaban J connectivity index is 1.86. The van der Waals surface area contributed by atoms with E-state index < -0.39 is 0 Å². The molecule has 118 valence electrons. The molecule has 3 heterocycles. The van der Waals surface area contributed by atoms with E-state index in [1.165, 1.54) is 0 Å². The van der Waals surface area contributed by atoms with Crippen LogP contribution < -0.4 is 10.2 Å². The number of pyridine rings is 1. The fourth-order valence-corrected chi connectivity index (χ4v) is 2.64. The molecular formula is C17H25N5. The van der Waals surface area contributed by atoms with Crippen molar-refractivity contribution < 1.29 is 0 Å². The highest BCUT2D eigenvalue weighted by Crippen LogP contribution is 2.24. The predicted octanol–water partition coefficient (Wildman–Crippen LogP) is 2.57. The number of nitrogens with one attached hydrogen (secondary N) is 2. The topological polar surface area (TPSA) is 56.8 Å². The lowest BCUT2D eigenvalue weighted by Gasteiger charge is -2.21. The lowest BCUT2D eigenvalue weighted by atomic mass is 9.93. The Morgan fingerprint density at radius 1 is 1.14 bits per heavy atom. The Kier molecular flexibility index (Phi) is 4.16. The molecule has 0 aromatic carbocycles. The van der Waals surface area contributed by atoms with Gasteiger partial charge in [-0.05, 0) is 25.1 Å². The molecule has 22 heavy (non-hydrogen) atoms. The summed E-state index contributed by atoms with van der Waals surface area (Å²) in [6, 6.07) is 6.17. The Labute approximate surface area is 132 Å². The summed E-state index contributed by atoms with van der Waals surface area (Å²) in [6.45, 7) is 10.7. The maximum Gasteiger partial charge on any atom is 0.156 e. The molecule has 1 saturated heterocycles. The van der Waals surface area contributed by atoms with E-state index in [-0.39, 0.29) is 5.41 Å². The van der Waals surface area contributed by atoms with Crippen molar-refractivity contribution in [2.45, 2.75) is 32.6 Å². The Hall–Kier alpha value is -1.88. The van der Waals surface area contributed by atoms with E-state index in [0.29, 0.717) is 0 Å². The van der Waals surface area contributed by atoms with Gasteiger partial charge < -0.3 is 15.2 Å². The fraction of sp³-hybridized carbons (Fsp3) is 0.529. The molecule has 3 rings (SSSR count). The van der Waals surface area contributed by atoms with Gasteiger partial charge in [0.2, 0.25) is 0 Å². The van der Waals surface area contributed by atoms with Crippen LogP contribution >= 0.6 is 0 Å². The van der Waals surface area contributed by atoms with Crippen molar-refractivity contribution in [3.05, 3.63) is 30.1 Å². The summed E-state index contributed by atoms with van der Waals surface area (Å²) in [5.74, 6) is 1.88. The molecule has 2 aromatic rings. The predicted molar refractivity (Wildman–Crippen MR) is 90.2 cm³/mol. The maximum atomic E-state index is 4.81. The van der Waals surface area contributed by atoms with E-state index >= 15 is 0 Å². The fourth-order valence-electron chi connectivity index (χ4n) is 2.64. The lowest BCUT2D eigenvalue weighted by Crippen LogP contribution is -2.28. The van der Waals surface area contributed by atoms with Crippen LogP contribution in [0.3, 0.4) is 0 Å². The molecule has 0 spiro atoms. The van der Waals surface area contributed by atoms with Crippen LogP contribution in [-0.2, 0) is 5.41 Å². The van der Waals surface area contributed by atoms with E-state index in [0.717, 1.165) is 55.6 Å². The van der Waals surface area contributed by atoms with Crippen molar-refractivity contribution in [3.8, 4) is 11.5 Å². The van der Waals surface area contributed by atoms with E-state index in [2.05, 4.69) is 53.1 Å². The average molecular weight is 299 g/mol. The highest BCUT2D eigenvalue weighted by molar-refractivity contribution is 5.54. The SMILES string of the molecule is CC(C)(C)c1cnc(-c2cccc(N3CCCNCC3)n2)[nH]1. The Morgan fingerprint density at radius 2 is 2.00 bits per heavy atom. The van der Waals surface area contributed by atoms with Gasteiger partial charge >= 0.3 is 0 Å². The molecule has 5 nitrogen and oxygen atoms in total. The number of imidazole rings is 1. The van der Waals surface area contributed by atoms with Crippen molar-refractivity contribution in [2.75, 3.05) is 31.1 Å². The van der Waals surface area contributed by atoms with Crippen LogP contribution in [0.1, 0.15) is 32.9 Å². The maximum absolute atomic E-state index is 4.81. The Morgan fingerprint density at radius 3 is 2.77 bits per heavy atom. The van der Waals surface area contributed by atoms with Crippen LogP contribution in [0.2, 0.25) is 0 Å². The number of anilines is 1. The van der Waals surface area contributed by atoms with Gasteiger partial charge in [0.1, 0.15) is 11.5 Å². The summed E-state index contributed by atoms with van der Waals surface area (Å²) in [6.07, 6.45) is 3.07. The summed E-state index contributed by atoms with van der Waals surface area (Å²) in [7, 11) is 0. The van der Waals surface area contributed by atoms with E-state index in [1.807, 2.05) is 12.3 Å². The monoisotopic (exact) mass is 299 g/mol. The summed E-state index contributed by atoms with van der Waals surface area (Å²) in [4.78, 5) is 15.1. The van der Waals surface area contributed by atoms with Crippen LogP contribution in [0.5, 0.6) is 0 Å². The molecule has 1 fully saturated rings. The molecule has 2 aromatic heterocycles. The van der Waals surface area contributed by atoms with Gasteiger partial charge in [-0.3, -0.25) is 0 Å². The van der Waals surface area contributed by atoms with Crippen molar-refractivity contribution in [3.63, 3.8) is 0 Å². The minimum atomic E-state index is 0.0688. The van der Waals surface area contributed by atoms with Gasteiger partial charge in [0.05, 0.1) is 0 Å². The van der Waals surface area contributed by atoms with E-state index in [4.69, 9.17) is 4.98 Å². The zero-order valence-electron chi connectivity index (χ0n) is 13.7. The first-order chi connectivity index (χ1) is 10.5. The van der Waals surface area contributed by atoms with Gasteiger partial charge in [0.25, 0.3) is 0 Å². The Bertz CT molecular complexity index is 618. The van der Waals surface area contributed by atoms with Crippen LogP contribution in [0, 0.1) is 0 Å². The van der Waals surface area contributed by atoms with Gasteiger partial charge in [-0.15, -0.1) is 0 Å². The third-order valence-electron chi connectivity index (χ3n) is 4.02. The van der Waals surface area contributed by atoms with E-state index in [1.54, 1.807) is 0 Å². The molecule has 0 atom stereocenters. The minimum absolute atomic E-state index is 0.0688. The van der Waals surface area contributed by atoms with Crippen LogP contribution in [0.25, 0.3) is 11.5 Å². The largest absolute Gasteiger partial charge is 0.355 e. The molecule has 0 bridgehead atoms. The van der Waals surface area contributed by atoms with Gasteiger partial charge in [-0.2, -0.15) is 0 Å². The molecule has 5 heteroatoms. The van der Waals surface area contributed by atoms with Crippen molar-refractivity contribution in [2.24, 2.45) is 0 Å². The number of hydrogen-bond donors (Lipinski definition) is 2. The quantitative estimate of drug-likeness (QED) is 0.895. The highest BCUT2D eigenvalue weighted by atomic mass is 15.2. The van der Waals surface area contributed by atoms with E-state index in [9.17, 15) is 0 Å². The molecule has 0 amide bonds. The number of hydrogen-bond acceptors (Lipinski definition) is 4. The van der Waals surface area contributed by atoms with Crippen molar-refractivity contribution >= 4 is 5.82 Å². The second kappa shape index (κ2) is 6.08. The second-order valence-corrected chi connectivity index (χ2v) is 6.87. The second-order valence-electron chi connectivity index (χ2n) is 6.87. The third kappa shape index (κ3) is 3.30. The number of aromatic amines is 1. The van der Waals surface area contributed by atoms with Gasteiger partial charge in [0, 0.05) is 36.9 Å². The van der Waals surface area contributed by atoms with Crippen LogP contribution in [-0.4, -0.2) is 41.1 Å². The molecule has 2 N–H and O–H groups in total. The number of aromatic nitrogens is 3. The zero-order chi connectivity index (χ0) is 15.6. The van der Waals surface area contributed by atoms with Crippen molar-refractivity contribution in [1.82, 2.24) is 20.3 Å². The summed E-state index contributed by atoms with van der Waals surface area (Å²) in [5, 5.41) is 3.43. The number of rotatable bonds is 2. The molecule has 1 aliphatic heterocycles. The summed E-state index contributed by atoms with van der Waals surface area (Å²) >= 11 is 0. The van der Waals surface area contributed by atoms with Gasteiger partial charge in [-0.25, -0.2) is 9.97 Å². The average Bonchev–Trinajstić information content (AvgIpc) is 2.84. The normalized spacial score (nSPS) is 16.6. The molecule has 0 unspecified atom stereocenters. The first-order valence-corrected chi connectivity index (χ1v) is 8.02. The first kappa shape index (κ1) is 15.0. The molecule has 1 aliphatic rings. The van der Waals surface area contributed by atoms with Crippen molar-refractivity contribution in [1.29, 1.82) is 0 Å². The molecular weight excluding hydrogens is 274 g/mol. The lowest BCUT2D eigenvalue weighted by molar-refractivity contribution is 0.572. The van der Waals surface area contributed by atoms with Gasteiger partial charge in [-0.1, -0.05) is 26.8 Å². The number of nitrogens with zero attached hydrogens (tertiary/aromatic N) is 3. The molecule has 0 saturated carbocycles. The molecule has 0 aliphatic carbocycles. The number of H-pyrrole nitrogens is 1. The minimum Gasteiger partial charge on any atom is -0.355 e. The standard InChI is InChI=1S/C17H25N5/c1-17(2,3)14-12-19-16(21-14)13-6-4-7-15(20-13)22-10-5-8-18-9-11-22/h4,6-7,12,18H,5,8-11H2,1-3H3,(H,19,21). The smallest absolute Gasteiger partial charge is 0.156 e. The summed E-state index contributed by atoms with van der Waals surface area (Å²) in [5.41, 5.74) is 2.11. The molecule has 0 radical (unpaired) electrons. The highest BCUT2D eigenvalue weighted by Gasteiger charge is 2.18. The van der Waals surface area contributed by atoms with Crippen LogP contribution in [0.4, 0.5) is 5.82 Å². The first-order valence-electron chi connectivity index (χ1n) is 8.02. The summed E-state index contributed by atoms with van der Waals surface area (Å²) < 4.78 is 0. The zero-order valence-corrected chi connectivity index (χ0v) is 13.7. The van der Waals surface area contributed by atoms with Gasteiger partial charge in [0.15, 0.2) is 5.82 Å². The van der Waals surface area contributed by atoms with Crippen LogP contribution in [0.15, 0.2) is 24.4 Å².